The van der Waals surface area contributed by atoms with Gasteiger partial charge in [0.25, 0.3) is 0 Å². The molecule has 0 N–H and O–H groups in total. The van der Waals surface area contributed by atoms with Crippen molar-refractivity contribution in [1.82, 2.24) is 4.57 Å². The van der Waals surface area contributed by atoms with Gasteiger partial charge in [0.15, 0.2) is 5.43 Å². The van der Waals surface area contributed by atoms with Crippen LogP contribution in [0.3, 0.4) is 0 Å². The van der Waals surface area contributed by atoms with Gasteiger partial charge in [-0.2, -0.15) is 0 Å². The molecular weight excluding hydrogens is 198 g/mol. The lowest BCUT2D eigenvalue weighted by Crippen LogP contribution is -2.15. The molecule has 2 heteroatoms. The van der Waals surface area contributed by atoms with Gasteiger partial charge in [0, 0.05) is 22.7 Å². The fourth-order valence-corrected chi connectivity index (χ4v) is 2.82. The van der Waals surface area contributed by atoms with Gasteiger partial charge < -0.3 is 4.57 Å². The molecule has 0 radical (unpaired) electrons. The number of benzene rings is 1. The van der Waals surface area contributed by atoms with Crippen LogP contribution in [0.4, 0.5) is 0 Å². The molecule has 0 spiro atoms. The zero-order valence-electron chi connectivity index (χ0n) is 9.66. The van der Waals surface area contributed by atoms with Gasteiger partial charge in [-0.1, -0.05) is 12.1 Å². The van der Waals surface area contributed by atoms with E-state index in [1.807, 2.05) is 25.1 Å². The maximum Gasteiger partial charge on any atom is 0.192 e. The lowest BCUT2D eigenvalue weighted by atomic mass is 10.1. The van der Waals surface area contributed by atoms with E-state index in [0.717, 1.165) is 29.3 Å². The maximum absolute atomic E-state index is 12.2. The monoisotopic (exact) mass is 213 g/mol. The summed E-state index contributed by atoms with van der Waals surface area (Å²) in [4.78, 5) is 12.2. The molecule has 2 aromatic rings. The van der Waals surface area contributed by atoms with Crippen LogP contribution in [-0.4, -0.2) is 4.57 Å². The largest absolute Gasteiger partial charge is 0.341 e. The van der Waals surface area contributed by atoms with Crippen molar-refractivity contribution in [2.75, 3.05) is 0 Å². The molecule has 2 heterocycles. The molecule has 1 aromatic heterocycles. The number of pyridine rings is 1. The summed E-state index contributed by atoms with van der Waals surface area (Å²) in [5.74, 6) is 0. The molecule has 2 nitrogen and oxygen atoms in total. The summed E-state index contributed by atoms with van der Waals surface area (Å²) in [5.41, 5.74) is 3.47. The van der Waals surface area contributed by atoms with E-state index in [0.29, 0.717) is 6.04 Å². The fraction of sp³-hybridized carbons (Fsp3) is 0.357. The summed E-state index contributed by atoms with van der Waals surface area (Å²) >= 11 is 0. The molecule has 0 saturated carbocycles. The van der Waals surface area contributed by atoms with Crippen LogP contribution in [0.25, 0.3) is 10.9 Å². The van der Waals surface area contributed by atoms with Gasteiger partial charge in [0.1, 0.15) is 0 Å². The van der Waals surface area contributed by atoms with Gasteiger partial charge in [-0.25, -0.2) is 0 Å². The predicted octanol–water partition coefficient (Wildman–Crippen LogP) is 2.82. The van der Waals surface area contributed by atoms with Gasteiger partial charge in [0.05, 0.1) is 5.52 Å². The highest BCUT2D eigenvalue weighted by molar-refractivity contribution is 5.80. The summed E-state index contributed by atoms with van der Waals surface area (Å²) in [6.07, 6.45) is 2.18. The summed E-state index contributed by atoms with van der Waals surface area (Å²) in [5, 5.41) is 0.859. The second-order valence-corrected chi connectivity index (χ2v) is 4.68. The van der Waals surface area contributed by atoms with Crippen LogP contribution >= 0.6 is 0 Å². The Morgan fingerprint density at radius 1 is 1.31 bits per heavy atom. The number of fused-ring (bicyclic) bond motifs is 3. The van der Waals surface area contributed by atoms with Crippen molar-refractivity contribution in [3.05, 3.63) is 45.7 Å². The first-order valence-electron chi connectivity index (χ1n) is 5.83. The molecule has 0 amide bonds. The standard InChI is InChI=1S/C14H15NO/c1-9-7-8-12-10(2)14(16)11-5-3-4-6-13(11)15(9)12/h3-6,9H,7-8H2,1-2H3. The highest BCUT2D eigenvalue weighted by Gasteiger charge is 2.22. The van der Waals surface area contributed by atoms with Crippen molar-refractivity contribution < 1.29 is 0 Å². The lowest BCUT2D eigenvalue weighted by molar-refractivity contribution is 0.594. The topological polar surface area (TPSA) is 22.0 Å². The third kappa shape index (κ3) is 1.10. The Morgan fingerprint density at radius 3 is 2.88 bits per heavy atom. The molecule has 1 aliphatic heterocycles. The van der Waals surface area contributed by atoms with E-state index in [2.05, 4.69) is 17.6 Å². The minimum Gasteiger partial charge on any atom is -0.341 e. The first kappa shape index (κ1) is 9.64. The fourth-order valence-electron chi connectivity index (χ4n) is 2.82. The highest BCUT2D eigenvalue weighted by Crippen LogP contribution is 2.30. The molecule has 1 aliphatic rings. The molecular formula is C14H15NO. The Hall–Kier alpha value is -1.57. The van der Waals surface area contributed by atoms with Gasteiger partial charge in [0.2, 0.25) is 0 Å². The van der Waals surface area contributed by atoms with E-state index in [1.54, 1.807) is 0 Å². The van der Waals surface area contributed by atoms with Crippen LogP contribution in [0, 0.1) is 6.92 Å². The van der Waals surface area contributed by atoms with Crippen LogP contribution < -0.4 is 5.43 Å². The van der Waals surface area contributed by atoms with Crippen LogP contribution in [0.15, 0.2) is 29.1 Å². The summed E-state index contributed by atoms with van der Waals surface area (Å²) < 4.78 is 2.34. The number of rotatable bonds is 0. The Bertz CT molecular complexity index is 624. The van der Waals surface area contributed by atoms with E-state index < -0.39 is 0 Å². The Morgan fingerprint density at radius 2 is 2.06 bits per heavy atom. The Kier molecular flexibility index (Phi) is 1.93. The second-order valence-electron chi connectivity index (χ2n) is 4.68. The van der Waals surface area contributed by atoms with Crippen molar-refractivity contribution in [3.8, 4) is 0 Å². The van der Waals surface area contributed by atoms with E-state index >= 15 is 0 Å². The minimum atomic E-state index is 0.205. The summed E-state index contributed by atoms with van der Waals surface area (Å²) in [6.45, 7) is 4.19. The number of aromatic nitrogens is 1. The van der Waals surface area contributed by atoms with E-state index in [9.17, 15) is 4.79 Å². The first-order valence-corrected chi connectivity index (χ1v) is 5.83. The number of para-hydroxylation sites is 1. The van der Waals surface area contributed by atoms with Crippen LogP contribution in [-0.2, 0) is 6.42 Å². The van der Waals surface area contributed by atoms with Gasteiger partial charge in [-0.15, -0.1) is 0 Å². The van der Waals surface area contributed by atoms with Crippen molar-refractivity contribution in [3.63, 3.8) is 0 Å². The predicted molar refractivity (Wildman–Crippen MR) is 66.0 cm³/mol. The molecule has 1 atom stereocenters. The van der Waals surface area contributed by atoms with Crippen molar-refractivity contribution in [2.24, 2.45) is 0 Å². The number of nitrogens with zero attached hydrogens (tertiary/aromatic N) is 1. The number of hydrogen-bond donors (Lipinski definition) is 0. The Labute approximate surface area is 94.5 Å². The molecule has 0 fully saturated rings. The number of hydrogen-bond acceptors (Lipinski definition) is 1. The molecule has 82 valence electrons. The van der Waals surface area contributed by atoms with E-state index in [-0.39, 0.29) is 5.43 Å². The maximum atomic E-state index is 12.2. The molecule has 0 saturated heterocycles. The average Bonchev–Trinajstić information content (AvgIpc) is 2.69. The Balaban J connectivity index is 2.56. The minimum absolute atomic E-state index is 0.205. The second kappa shape index (κ2) is 3.21. The van der Waals surface area contributed by atoms with Crippen LogP contribution in [0.1, 0.15) is 30.6 Å². The van der Waals surface area contributed by atoms with Crippen LogP contribution in [0.5, 0.6) is 0 Å². The zero-order valence-corrected chi connectivity index (χ0v) is 9.66. The lowest BCUT2D eigenvalue weighted by Gasteiger charge is -2.15. The molecule has 1 aromatic carbocycles. The smallest absolute Gasteiger partial charge is 0.192 e. The summed E-state index contributed by atoms with van der Waals surface area (Å²) in [6, 6.07) is 8.45. The normalized spacial score (nSPS) is 19.0. The van der Waals surface area contributed by atoms with Crippen molar-refractivity contribution >= 4 is 10.9 Å². The van der Waals surface area contributed by atoms with Gasteiger partial charge in [-0.3, -0.25) is 4.79 Å². The van der Waals surface area contributed by atoms with E-state index in [1.165, 1.54) is 5.69 Å². The molecule has 0 bridgehead atoms. The zero-order chi connectivity index (χ0) is 11.3. The molecule has 16 heavy (non-hydrogen) atoms. The average molecular weight is 213 g/mol. The quantitative estimate of drug-likeness (QED) is 0.659. The molecule has 0 aliphatic carbocycles. The third-order valence-corrected chi connectivity index (χ3v) is 3.71. The van der Waals surface area contributed by atoms with Crippen molar-refractivity contribution in [1.29, 1.82) is 0 Å². The van der Waals surface area contributed by atoms with Crippen LogP contribution in [0.2, 0.25) is 0 Å². The SMILES string of the molecule is Cc1c2n(c3ccccc3c1=O)C(C)CC2. The third-order valence-electron chi connectivity index (χ3n) is 3.71. The van der Waals surface area contributed by atoms with Gasteiger partial charge in [-0.05, 0) is 38.8 Å². The first-order chi connectivity index (χ1) is 7.70. The highest BCUT2D eigenvalue weighted by atomic mass is 16.1. The summed E-state index contributed by atoms with van der Waals surface area (Å²) in [7, 11) is 0. The van der Waals surface area contributed by atoms with Gasteiger partial charge >= 0.3 is 0 Å². The van der Waals surface area contributed by atoms with E-state index in [4.69, 9.17) is 0 Å². The van der Waals surface area contributed by atoms with Crippen molar-refractivity contribution in [2.45, 2.75) is 32.7 Å². The molecule has 1 unspecified atom stereocenters. The molecule has 3 rings (SSSR count).